The molecule has 1 aromatic rings. The third-order valence-corrected chi connectivity index (χ3v) is 5.38. The predicted molar refractivity (Wildman–Crippen MR) is 95.8 cm³/mol. The Labute approximate surface area is 149 Å². The molecule has 1 unspecified atom stereocenters. The third-order valence-electron chi connectivity index (χ3n) is 5.38. The van der Waals surface area contributed by atoms with Gasteiger partial charge in [0, 0.05) is 30.8 Å². The number of para-hydroxylation sites is 1. The number of allylic oxidation sites excluding steroid dienone is 1. The second-order valence-corrected chi connectivity index (χ2v) is 6.70. The van der Waals surface area contributed by atoms with Crippen molar-refractivity contribution in [1.82, 2.24) is 10.2 Å². The van der Waals surface area contributed by atoms with E-state index in [4.69, 9.17) is 4.74 Å². The molecule has 134 valence electrons. The van der Waals surface area contributed by atoms with Gasteiger partial charge < -0.3 is 15.0 Å². The van der Waals surface area contributed by atoms with E-state index in [1.165, 1.54) is 0 Å². The molecule has 0 spiro atoms. The summed E-state index contributed by atoms with van der Waals surface area (Å²) in [4.78, 5) is 27.2. The van der Waals surface area contributed by atoms with Crippen LogP contribution in [0, 0.1) is 5.41 Å². The first-order valence-corrected chi connectivity index (χ1v) is 9.03. The number of nitrogens with zero attached hydrogens (tertiary/aromatic N) is 1. The van der Waals surface area contributed by atoms with Gasteiger partial charge in [0.25, 0.3) is 0 Å². The smallest absolute Gasteiger partial charge is 0.232 e. The van der Waals surface area contributed by atoms with Crippen molar-refractivity contribution < 1.29 is 14.3 Å². The van der Waals surface area contributed by atoms with Gasteiger partial charge in [0.05, 0.1) is 12.5 Å². The summed E-state index contributed by atoms with van der Waals surface area (Å²) in [7, 11) is 1.63. The number of rotatable bonds is 5. The Morgan fingerprint density at radius 1 is 1.32 bits per heavy atom. The maximum absolute atomic E-state index is 13.2. The molecule has 2 aliphatic rings. The van der Waals surface area contributed by atoms with Gasteiger partial charge in [-0.05, 0) is 38.7 Å². The van der Waals surface area contributed by atoms with Crippen LogP contribution in [0.15, 0.2) is 36.0 Å². The SMILES string of the molecule is CCN1C(=O)CCC2(C(=O)NCc3ccccc3OC)CCCC=C12. The molecule has 5 nitrogen and oxygen atoms in total. The summed E-state index contributed by atoms with van der Waals surface area (Å²) in [5.74, 6) is 0.924. The first-order valence-electron chi connectivity index (χ1n) is 9.03. The molecule has 0 bridgehead atoms. The average molecular weight is 342 g/mol. The normalized spacial score (nSPS) is 22.9. The van der Waals surface area contributed by atoms with Gasteiger partial charge in [-0.1, -0.05) is 24.3 Å². The fourth-order valence-corrected chi connectivity index (χ4v) is 4.06. The minimum Gasteiger partial charge on any atom is -0.496 e. The lowest BCUT2D eigenvalue weighted by molar-refractivity contribution is -0.140. The maximum Gasteiger partial charge on any atom is 0.232 e. The van der Waals surface area contributed by atoms with Crippen LogP contribution in [0.25, 0.3) is 0 Å². The standard InChI is InChI=1S/C20H26N2O3/c1-3-22-17-10-6-7-12-20(17,13-11-18(22)23)19(24)21-14-15-8-4-5-9-16(15)25-2/h4-5,8-10H,3,6-7,11-14H2,1-2H3,(H,21,24). The number of carbonyl (C=O) groups is 2. The topological polar surface area (TPSA) is 58.6 Å². The van der Waals surface area contributed by atoms with Crippen molar-refractivity contribution in [1.29, 1.82) is 0 Å². The zero-order valence-electron chi connectivity index (χ0n) is 15.0. The molecular formula is C20H26N2O3. The number of fused-ring (bicyclic) bond motifs is 1. The summed E-state index contributed by atoms with van der Waals surface area (Å²) in [5.41, 5.74) is 1.30. The van der Waals surface area contributed by atoms with E-state index in [2.05, 4.69) is 11.4 Å². The number of likely N-dealkylation sites (tertiary alicyclic amines) is 1. The molecule has 0 aromatic heterocycles. The molecule has 5 heteroatoms. The molecule has 1 heterocycles. The summed E-state index contributed by atoms with van der Waals surface area (Å²) >= 11 is 0. The summed E-state index contributed by atoms with van der Waals surface area (Å²) in [6.07, 6.45) is 5.85. The number of methoxy groups -OCH3 is 1. The second-order valence-electron chi connectivity index (χ2n) is 6.70. The fraction of sp³-hybridized carbons (Fsp3) is 0.500. The fourth-order valence-electron chi connectivity index (χ4n) is 4.06. The van der Waals surface area contributed by atoms with Crippen LogP contribution in [-0.2, 0) is 16.1 Å². The summed E-state index contributed by atoms with van der Waals surface area (Å²) in [6.45, 7) is 3.01. The highest BCUT2D eigenvalue weighted by atomic mass is 16.5. The van der Waals surface area contributed by atoms with Crippen LogP contribution < -0.4 is 10.1 Å². The summed E-state index contributed by atoms with van der Waals surface area (Å²) in [5, 5.41) is 3.10. The highest BCUT2D eigenvalue weighted by molar-refractivity contribution is 5.91. The summed E-state index contributed by atoms with van der Waals surface area (Å²) in [6, 6.07) is 7.70. The zero-order valence-corrected chi connectivity index (χ0v) is 15.0. The van der Waals surface area contributed by atoms with Crippen LogP contribution in [0.2, 0.25) is 0 Å². The Morgan fingerprint density at radius 3 is 2.88 bits per heavy atom. The lowest BCUT2D eigenvalue weighted by atomic mass is 9.69. The highest BCUT2D eigenvalue weighted by Crippen LogP contribution is 2.46. The first kappa shape index (κ1) is 17.5. The molecule has 25 heavy (non-hydrogen) atoms. The molecule has 1 saturated heterocycles. The van der Waals surface area contributed by atoms with Crippen LogP contribution in [0.3, 0.4) is 0 Å². The second kappa shape index (κ2) is 7.30. The molecule has 2 amide bonds. The van der Waals surface area contributed by atoms with Crippen LogP contribution in [0.5, 0.6) is 5.75 Å². The van der Waals surface area contributed by atoms with Crippen molar-refractivity contribution in [2.24, 2.45) is 5.41 Å². The van der Waals surface area contributed by atoms with Crippen LogP contribution in [0.4, 0.5) is 0 Å². The number of piperidine rings is 1. The highest BCUT2D eigenvalue weighted by Gasteiger charge is 2.49. The van der Waals surface area contributed by atoms with E-state index in [1.807, 2.05) is 31.2 Å². The molecule has 1 aliphatic carbocycles. The summed E-state index contributed by atoms with van der Waals surface area (Å²) < 4.78 is 5.36. The van der Waals surface area contributed by atoms with Gasteiger partial charge in [0.2, 0.25) is 11.8 Å². The van der Waals surface area contributed by atoms with Crippen molar-refractivity contribution >= 4 is 11.8 Å². The number of hydrogen-bond donors (Lipinski definition) is 1. The Balaban J connectivity index is 1.81. The molecular weight excluding hydrogens is 316 g/mol. The Kier molecular flexibility index (Phi) is 5.11. The van der Waals surface area contributed by atoms with Gasteiger partial charge in [-0.3, -0.25) is 9.59 Å². The number of benzene rings is 1. The lowest BCUT2D eigenvalue weighted by Gasteiger charge is -2.45. The molecule has 1 atom stereocenters. The molecule has 1 N–H and O–H groups in total. The van der Waals surface area contributed by atoms with Gasteiger partial charge in [-0.2, -0.15) is 0 Å². The minimum atomic E-state index is -0.565. The van der Waals surface area contributed by atoms with E-state index in [1.54, 1.807) is 12.0 Å². The quantitative estimate of drug-likeness (QED) is 0.895. The van der Waals surface area contributed by atoms with Gasteiger partial charge in [-0.25, -0.2) is 0 Å². The number of hydrogen-bond acceptors (Lipinski definition) is 3. The largest absolute Gasteiger partial charge is 0.496 e. The van der Waals surface area contributed by atoms with Crippen molar-refractivity contribution in [3.8, 4) is 5.75 Å². The lowest BCUT2D eigenvalue weighted by Crippen LogP contribution is -2.52. The Hall–Kier alpha value is -2.30. The Bertz CT molecular complexity index is 698. The van der Waals surface area contributed by atoms with E-state index < -0.39 is 5.41 Å². The van der Waals surface area contributed by atoms with Gasteiger partial charge >= 0.3 is 0 Å². The van der Waals surface area contributed by atoms with Crippen molar-refractivity contribution in [3.05, 3.63) is 41.6 Å². The Morgan fingerprint density at radius 2 is 2.12 bits per heavy atom. The first-order chi connectivity index (χ1) is 12.1. The number of carbonyl (C=O) groups excluding carboxylic acids is 2. The van der Waals surface area contributed by atoms with E-state index in [9.17, 15) is 9.59 Å². The predicted octanol–water partition coefficient (Wildman–Crippen LogP) is 3.01. The van der Waals surface area contributed by atoms with E-state index in [-0.39, 0.29) is 11.8 Å². The number of amides is 2. The van der Waals surface area contributed by atoms with Gasteiger partial charge in [0.15, 0.2) is 0 Å². The van der Waals surface area contributed by atoms with Crippen LogP contribution >= 0.6 is 0 Å². The average Bonchev–Trinajstić information content (AvgIpc) is 2.66. The number of nitrogens with one attached hydrogen (secondary N) is 1. The molecule has 1 fully saturated rings. The zero-order chi connectivity index (χ0) is 17.9. The van der Waals surface area contributed by atoms with Gasteiger partial charge in [0.1, 0.15) is 5.75 Å². The monoisotopic (exact) mass is 342 g/mol. The molecule has 0 radical (unpaired) electrons. The van der Waals surface area contributed by atoms with Crippen molar-refractivity contribution in [2.45, 2.75) is 45.6 Å². The van der Waals surface area contributed by atoms with Crippen LogP contribution in [0.1, 0.15) is 44.6 Å². The van der Waals surface area contributed by atoms with Crippen molar-refractivity contribution in [2.75, 3.05) is 13.7 Å². The maximum atomic E-state index is 13.2. The van der Waals surface area contributed by atoms with E-state index >= 15 is 0 Å². The molecule has 3 rings (SSSR count). The van der Waals surface area contributed by atoms with E-state index in [0.717, 1.165) is 36.3 Å². The minimum absolute atomic E-state index is 0.0234. The van der Waals surface area contributed by atoms with Gasteiger partial charge in [-0.15, -0.1) is 0 Å². The van der Waals surface area contributed by atoms with E-state index in [0.29, 0.717) is 25.9 Å². The van der Waals surface area contributed by atoms with Crippen LogP contribution in [-0.4, -0.2) is 30.4 Å². The van der Waals surface area contributed by atoms with Crippen molar-refractivity contribution in [3.63, 3.8) is 0 Å². The number of ether oxygens (including phenoxy) is 1. The molecule has 1 aliphatic heterocycles. The molecule has 1 aromatic carbocycles. The third kappa shape index (κ3) is 3.15. The molecule has 0 saturated carbocycles.